The SMILES string of the molecule is Cc1cc(OC(C)C)ccc1C(C#N)(CCC(=O)O)CC(C)(C)C(=O)O. The molecule has 1 aromatic carbocycles. The van der Waals surface area contributed by atoms with Crippen LogP contribution in [0.15, 0.2) is 18.2 Å². The van der Waals surface area contributed by atoms with Crippen LogP contribution in [0, 0.1) is 23.7 Å². The fraction of sp³-hybridized carbons (Fsp3) is 0.550. The summed E-state index contributed by atoms with van der Waals surface area (Å²) in [5, 5.41) is 28.5. The van der Waals surface area contributed by atoms with Gasteiger partial charge >= 0.3 is 11.9 Å². The highest BCUT2D eigenvalue weighted by Gasteiger charge is 2.43. The summed E-state index contributed by atoms with van der Waals surface area (Å²) in [7, 11) is 0. The molecule has 1 atom stereocenters. The Kier molecular flexibility index (Phi) is 6.79. The van der Waals surface area contributed by atoms with Gasteiger partial charge in [0.2, 0.25) is 0 Å². The molecule has 0 aliphatic heterocycles. The number of carboxylic acids is 2. The third-order valence-electron chi connectivity index (χ3n) is 4.39. The summed E-state index contributed by atoms with van der Waals surface area (Å²) in [6.07, 6.45) is -0.156. The minimum absolute atomic E-state index is 0.000993. The van der Waals surface area contributed by atoms with Crippen molar-refractivity contribution < 1.29 is 24.5 Å². The second-order valence-corrected chi connectivity index (χ2v) is 7.60. The second kappa shape index (κ2) is 8.22. The van der Waals surface area contributed by atoms with E-state index < -0.39 is 22.8 Å². The van der Waals surface area contributed by atoms with Crippen LogP contribution in [-0.4, -0.2) is 28.3 Å². The summed E-state index contributed by atoms with van der Waals surface area (Å²) in [5.74, 6) is -1.39. The second-order valence-electron chi connectivity index (χ2n) is 7.60. The molecule has 0 amide bonds. The zero-order valence-corrected chi connectivity index (χ0v) is 16.0. The molecule has 1 rings (SSSR count). The van der Waals surface area contributed by atoms with Crippen molar-refractivity contribution in [3.05, 3.63) is 29.3 Å². The van der Waals surface area contributed by atoms with E-state index in [4.69, 9.17) is 9.84 Å². The summed E-state index contributed by atoms with van der Waals surface area (Å²) in [5.41, 5.74) is -0.961. The number of aryl methyl sites for hydroxylation is 1. The fourth-order valence-corrected chi connectivity index (χ4v) is 3.14. The van der Waals surface area contributed by atoms with Crippen LogP contribution in [0.1, 0.15) is 58.1 Å². The maximum atomic E-state index is 11.6. The zero-order valence-electron chi connectivity index (χ0n) is 16.0. The molecule has 0 radical (unpaired) electrons. The third-order valence-corrected chi connectivity index (χ3v) is 4.39. The Morgan fingerprint density at radius 2 is 1.88 bits per heavy atom. The molecule has 1 unspecified atom stereocenters. The van der Waals surface area contributed by atoms with E-state index in [0.29, 0.717) is 11.3 Å². The van der Waals surface area contributed by atoms with Crippen molar-refractivity contribution in [2.24, 2.45) is 5.41 Å². The van der Waals surface area contributed by atoms with Gasteiger partial charge in [0.05, 0.1) is 23.0 Å². The summed E-state index contributed by atoms with van der Waals surface area (Å²) >= 11 is 0. The van der Waals surface area contributed by atoms with Gasteiger partial charge in [-0.1, -0.05) is 6.07 Å². The van der Waals surface area contributed by atoms with E-state index in [1.807, 2.05) is 20.8 Å². The molecule has 0 aliphatic rings. The number of ether oxygens (including phenoxy) is 1. The molecule has 6 heteroatoms. The van der Waals surface area contributed by atoms with E-state index in [2.05, 4.69) is 6.07 Å². The van der Waals surface area contributed by atoms with Crippen molar-refractivity contribution in [1.82, 2.24) is 0 Å². The molecule has 2 N–H and O–H groups in total. The number of carboxylic acid groups (broad SMARTS) is 2. The normalized spacial score (nSPS) is 13.7. The van der Waals surface area contributed by atoms with Crippen molar-refractivity contribution in [1.29, 1.82) is 5.26 Å². The number of aliphatic carboxylic acids is 2. The van der Waals surface area contributed by atoms with E-state index >= 15 is 0 Å². The maximum Gasteiger partial charge on any atom is 0.309 e. The Bertz CT molecular complexity index is 717. The van der Waals surface area contributed by atoms with Gasteiger partial charge in [-0.25, -0.2) is 0 Å². The van der Waals surface area contributed by atoms with Gasteiger partial charge in [0.1, 0.15) is 5.75 Å². The summed E-state index contributed by atoms with van der Waals surface area (Å²) in [6, 6.07) is 7.52. The summed E-state index contributed by atoms with van der Waals surface area (Å²) in [6.45, 7) is 8.74. The van der Waals surface area contributed by atoms with Crippen LogP contribution in [-0.2, 0) is 15.0 Å². The molecule has 0 aromatic heterocycles. The largest absolute Gasteiger partial charge is 0.491 e. The van der Waals surface area contributed by atoms with Crippen LogP contribution in [0.3, 0.4) is 0 Å². The monoisotopic (exact) mass is 361 g/mol. The third kappa shape index (κ3) is 5.22. The van der Waals surface area contributed by atoms with Gasteiger partial charge in [0, 0.05) is 6.42 Å². The van der Waals surface area contributed by atoms with Crippen molar-refractivity contribution in [3.8, 4) is 11.8 Å². The first-order valence-corrected chi connectivity index (χ1v) is 8.58. The van der Waals surface area contributed by atoms with E-state index in [0.717, 1.165) is 5.56 Å². The lowest BCUT2D eigenvalue weighted by atomic mass is 9.66. The molecule has 0 spiro atoms. The number of hydrogen-bond acceptors (Lipinski definition) is 4. The maximum absolute atomic E-state index is 11.6. The number of benzene rings is 1. The van der Waals surface area contributed by atoms with E-state index in [1.54, 1.807) is 32.0 Å². The molecule has 1 aromatic rings. The van der Waals surface area contributed by atoms with Gasteiger partial charge in [-0.05, 0) is 70.7 Å². The molecular weight excluding hydrogens is 334 g/mol. The predicted octanol–water partition coefficient (Wildman–Crippen LogP) is 3.91. The number of rotatable bonds is 9. The number of carbonyl (C=O) groups is 2. The average molecular weight is 361 g/mol. The van der Waals surface area contributed by atoms with E-state index in [9.17, 15) is 20.0 Å². The van der Waals surface area contributed by atoms with Gasteiger partial charge < -0.3 is 14.9 Å². The lowest BCUT2D eigenvalue weighted by molar-refractivity contribution is -0.147. The average Bonchev–Trinajstić information content (AvgIpc) is 2.51. The van der Waals surface area contributed by atoms with Crippen molar-refractivity contribution in [3.63, 3.8) is 0 Å². The van der Waals surface area contributed by atoms with Gasteiger partial charge in [0.15, 0.2) is 0 Å². The van der Waals surface area contributed by atoms with Crippen LogP contribution in [0.4, 0.5) is 0 Å². The van der Waals surface area contributed by atoms with E-state index in [1.165, 1.54) is 0 Å². The molecule has 26 heavy (non-hydrogen) atoms. The molecule has 0 bridgehead atoms. The molecule has 0 heterocycles. The lowest BCUT2D eigenvalue weighted by Crippen LogP contribution is -2.36. The van der Waals surface area contributed by atoms with Gasteiger partial charge in [0.25, 0.3) is 0 Å². The standard InChI is InChI=1S/C20H27NO5/c1-13(2)26-15-6-7-16(14(3)10-15)20(12-21,9-8-17(22)23)11-19(4,5)18(24)25/h6-7,10,13H,8-9,11H2,1-5H3,(H,22,23)(H,24,25). The Labute approximate surface area is 154 Å². The first kappa shape index (κ1) is 21.5. The number of nitriles is 1. The smallest absolute Gasteiger partial charge is 0.309 e. The van der Waals surface area contributed by atoms with Crippen LogP contribution in [0.5, 0.6) is 5.75 Å². The van der Waals surface area contributed by atoms with Crippen LogP contribution < -0.4 is 4.74 Å². The first-order chi connectivity index (χ1) is 11.9. The lowest BCUT2D eigenvalue weighted by Gasteiger charge is -2.34. The first-order valence-electron chi connectivity index (χ1n) is 8.58. The highest BCUT2D eigenvalue weighted by molar-refractivity contribution is 5.74. The minimum Gasteiger partial charge on any atom is -0.491 e. The molecule has 142 valence electrons. The van der Waals surface area contributed by atoms with Crippen LogP contribution >= 0.6 is 0 Å². The van der Waals surface area contributed by atoms with E-state index in [-0.39, 0.29) is 25.4 Å². The zero-order chi connectivity index (χ0) is 20.1. The van der Waals surface area contributed by atoms with Crippen LogP contribution in [0.25, 0.3) is 0 Å². The fourth-order valence-electron chi connectivity index (χ4n) is 3.14. The highest BCUT2D eigenvalue weighted by Crippen LogP contribution is 2.42. The molecular formula is C20H27NO5. The Hall–Kier alpha value is -2.55. The van der Waals surface area contributed by atoms with Crippen molar-refractivity contribution >= 4 is 11.9 Å². The highest BCUT2D eigenvalue weighted by atomic mass is 16.5. The van der Waals surface area contributed by atoms with Crippen molar-refractivity contribution in [2.45, 2.75) is 65.4 Å². The predicted molar refractivity (Wildman–Crippen MR) is 97.1 cm³/mol. The minimum atomic E-state index is -1.21. The quantitative estimate of drug-likeness (QED) is 0.690. The molecule has 0 saturated carbocycles. The molecule has 0 fully saturated rings. The topological polar surface area (TPSA) is 108 Å². The van der Waals surface area contributed by atoms with Crippen LogP contribution in [0.2, 0.25) is 0 Å². The number of hydrogen-bond donors (Lipinski definition) is 2. The number of nitrogens with zero attached hydrogens (tertiary/aromatic N) is 1. The summed E-state index contributed by atoms with van der Waals surface area (Å²) < 4.78 is 5.66. The van der Waals surface area contributed by atoms with Gasteiger partial charge in [-0.2, -0.15) is 5.26 Å². The summed E-state index contributed by atoms with van der Waals surface area (Å²) in [4.78, 5) is 22.7. The molecule has 0 aliphatic carbocycles. The Morgan fingerprint density at radius 1 is 1.27 bits per heavy atom. The van der Waals surface area contributed by atoms with Gasteiger partial charge in [-0.15, -0.1) is 0 Å². The molecule has 6 nitrogen and oxygen atoms in total. The Balaban J connectivity index is 3.42. The molecule has 0 saturated heterocycles. The van der Waals surface area contributed by atoms with Crippen molar-refractivity contribution in [2.75, 3.05) is 0 Å². The van der Waals surface area contributed by atoms with Gasteiger partial charge in [-0.3, -0.25) is 9.59 Å². The Morgan fingerprint density at radius 3 is 2.31 bits per heavy atom.